The van der Waals surface area contributed by atoms with Gasteiger partial charge in [-0.25, -0.2) is 19.9 Å². The number of nitrogens with one attached hydrogen (secondary N) is 12. The first-order valence-electron chi connectivity index (χ1n) is 36.3. The number of carbonyl (C=O) groups is 11. The van der Waals surface area contributed by atoms with Crippen molar-refractivity contribution in [2.75, 3.05) is 122 Å². The van der Waals surface area contributed by atoms with Crippen molar-refractivity contribution in [2.45, 2.75) is 18.9 Å². The number of benzene rings is 2. The van der Waals surface area contributed by atoms with Gasteiger partial charge in [0, 0.05) is 169 Å². The standard InChI is InChI=1S/C76H90N26O13/c1-94(2)26-22-83-67(104)51-16-13-15-50-62(49-14-11-12-17-53(49)89-63(50)51)79-25-29-115-31-30-114-28-24-78-61(103)19-21-82-70(107)54-32-45(38-96(54)4)85-72(109)57-35-47(40-99(57)7)87-73(110)58-36-46(39-100(58)8)86-71(108)56-34-44(37-98(56)6)84-68(105)52(77)18-20-81-69(106)55-33-48(41-97(55)5)88-75(112)65-90-60(43-101(65)9)93-76(113)66-91-59(42-102(66)10)92-74(111)64-80-23-27-95(64)3/h11-17,23,27,32-43,52H,18-22,24-26,28-31,77H2,1-10H3,(H,78,103)(H,79,89)(H,81,106)(H,82,107)(H,83,104)(H,84,105)(H,85,109)(H,86,108)(H,87,110)(H,88,112)(H,92,111)(H,93,113)/t52-/m1/s1. The minimum atomic E-state index is -1.09. The van der Waals surface area contributed by atoms with Crippen LogP contribution in [0.5, 0.6) is 0 Å². The van der Waals surface area contributed by atoms with Gasteiger partial charge in [-0.15, -0.1) is 0 Å². The largest absolute Gasteiger partial charge is 0.382 e. The van der Waals surface area contributed by atoms with Crippen LogP contribution >= 0.6 is 0 Å². The number of anilines is 8. The van der Waals surface area contributed by atoms with Crippen LogP contribution in [0, 0.1) is 0 Å². The van der Waals surface area contributed by atoms with Gasteiger partial charge in [-0.3, -0.25) is 52.7 Å². The van der Waals surface area contributed by atoms with Gasteiger partial charge >= 0.3 is 0 Å². The van der Waals surface area contributed by atoms with Gasteiger partial charge in [-0.2, -0.15) is 0 Å². The zero-order valence-electron chi connectivity index (χ0n) is 64.9. The topological polar surface area (TPSA) is 471 Å². The van der Waals surface area contributed by atoms with Crippen LogP contribution < -0.4 is 69.5 Å². The lowest BCUT2D eigenvalue weighted by Crippen LogP contribution is -2.39. The van der Waals surface area contributed by atoms with E-state index in [0.717, 1.165) is 22.0 Å². The van der Waals surface area contributed by atoms with E-state index >= 15 is 0 Å². The second kappa shape index (κ2) is 36.9. The van der Waals surface area contributed by atoms with Gasteiger partial charge in [0.1, 0.15) is 28.5 Å². The van der Waals surface area contributed by atoms with Crippen molar-refractivity contribution >= 4 is 133 Å². The number of hydrogen-bond acceptors (Lipinski definition) is 20. The maximum Gasteiger partial charge on any atom is 0.292 e. The second-order valence-corrected chi connectivity index (χ2v) is 27.2. The fourth-order valence-electron chi connectivity index (χ4n) is 12.3. The van der Waals surface area contributed by atoms with E-state index in [4.69, 9.17) is 20.2 Å². The Morgan fingerprint density at radius 3 is 1.39 bits per heavy atom. The number of carbonyl (C=O) groups excluding carboxylic acids is 11. The number of aryl methyl sites for hydroxylation is 8. The first-order valence-corrected chi connectivity index (χ1v) is 36.3. The van der Waals surface area contributed by atoms with Crippen LogP contribution in [0.4, 0.5) is 45.8 Å². The molecule has 9 heterocycles. The van der Waals surface area contributed by atoms with Gasteiger partial charge in [0.15, 0.2) is 17.5 Å². The third-order valence-electron chi connectivity index (χ3n) is 18.2. The van der Waals surface area contributed by atoms with Gasteiger partial charge in [-0.05, 0) is 63.0 Å². The van der Waals surface area contributed by atoms with Crippen LogP contribution in [0.15, 0.2) is 129 Å². The van der Waals surface area contributed by atoms with E-state index in [9.17, 15) is 52.7 Å². The number of likely N-dealkylation sites (N-methyl/N-ethyl adjacent to an activating group) is 1. The minimum absolute atomic E-state index is 0.00416. The smallest absolute Gasteiger partial charge is 0.292 e. The highest BCUT2D eigenvalue weighted by Crippen LogP contribution is 2.33. The molecule has 0 saturated heterocycles. The monoisotopic (exact) mass is 1570 g/mol. The quantitative estimate of drug-likeness (QED) is 0.0197. The molecular formula is C76H90N26O13. The molecule has 11 aromatic rings. The number of rotatable bonds is 36. The van der Waals surface area contributed by atoms with Gasteiger partial charge in [0.2, 0.25) is 23.5 Å². The molecule has 11 amide bonds. The summed E-state index contributed by atoms with van der Waals surface area (Å²) in [7, 11) is 16.7. The predicted molar refractivity (Wildman–Crippen MR) is 428 cm³/mol. The highest BCUT2D eigenvalue weighted by molar-refractivity contribution is 6.15. The van der Waals surface area contributed by atoms with Crippen molar-refractivity contribution in [3.8, 4) is 0 Å². The molecule has 11 rings (SSSR count). The Kier molecular flexibility index (Phi) is 26.3. The first-order chi connectivity index (χ1) is 55.0. The third-order valence-corrected chi connectivity index (χ3v) is 18.2. The molecule has 0 spiro atoms. The van der Waals surface area contributed by atoms with Crippen LogP contribution in [-0.4, -0.2) is 212 Å². The van der Waals surface area contributed by atoms with Gasteiger partial charge in [0.05, 0.1) is 83.2 Å². The molecule has 0 aliphatic rings. The number of ether oxygens (including phenoxy) is 2. The van der Waals surface area contributed by atoms with Gasteiger partial charge in [0.25, 0.3) is 53.2 Å². The van der Waals surface area contributed by atoms with Crippen molar-refractivity contribution < 1.29 is 62.2 Å². The number of aromatic nitrogens is 12. The highest BCUT2D eigenvalue weighted by Gasteiger charge is 2.26. The average molecular weight is 1580 g/mol. The number of nitrogens with two attached hydrogens (primary N) is 1. The molecule has 14 N–H and O–H groups in total. The summed E-state index contributed by atoms with van der Waals surface area (Å²) in [5.41, 5.74) is 11.2. The molecule has 0 radical (unpaired) electrons. The van der Waals surface area contributed by atoms with Crippen molar-refractivity contribution in [1.82, 2.24) is 82.6 Å². The molecule has 9 aromatic heterocycles. The van der Waals surface area contributed by atoms with Crippen LogP contribution in [-0.2, 0) is 75.4 Å². The fraction of sp³-hybridized carbons (Fsp3) is 0.303. The number of para-hydroxylation sites is 2. The normalized spacial score (nSPS) is 11.5. The van der Waals surface area contributed by atoms with E-state index in [-0.39, 0.29) is 131 Å². The van der Waals surface area contributed by atoms with Crippen LogP contribution in [0.1, 0.15) is 107 Å². The van der Waals surface area contributed by atoms with E-state index in [1.807, 2.05) is 55.4 Å². The minimum Gasteiger partial charge on any atom is -0.382 e. The predicted octanol–water partition coefficient (Wildman–Crippen LogP) is 3.55. The molecule has 602 valence electrons. The van der Waals surface area contributed by atoms with Crippen LogP contribution in [0.3, 0.4) is 0 Å². The summed E-state index contributed by atoms with van der Waals surface area (Å²) in [6.07, 6.45) is 13.6. The number of pyridine rings is 1. The molecule has 0 aliphatic carbocycles. The summed E-state index contributed by atoms with van der Waals surface area (Å²) in [6, 6.07) is 19.6. The molecule has 0 bridgehead atoms. The number of amides is 11. The Morgan fingerprint density at radius 1 is 0.426 bits per heavy atom. The summed E-state index contributed by atoms with van der Waals surface area (Å²) < 4.78 is 23.3. The molecule has 0 aliphatic heterocycles. The molecule has 115 heavy (non-hydrogen) atoms. The lowest BCUT2D eigenvalue weighted by atomic mass is 10.0. The van der Waals surface area contributed by atoms with E-state index in [0.29, 0.717) is 56.2 Å². The molecule has 0 saturated carbocycles. The lowest BCUT2D eigenvalue weighted by molar-refractivity contribution is -0.121. The maximum atomic E-state index is 13.7. The Hall–Kier alpha value is -14.1. The van der Waals surface area contributed by atoms with E-state index < -0.39 is 59.2 Å². The Labute approximate surface area is 658 Å². The van der Waals surface area contributed by atoms with Gasteiger partial charge in [-0.1, -0.05) is 30.3 Å². The van der Waals surface area contributed by atoms with E-state index in [1.165, 1.54) is 104 Å². The molecule has 2 aromatic carbocycles. The zero-order chi connectivity index (χ0) is 82.3. The SMILES string of the molecule is CN(C)CCNC(=O)c1cccc2c(NCCOCCOCCNC(=O)CCNC(=O)c3cc(NC(=O)c4cc(NC(=O)c5cc(NC(=O)c6cc(NC(=O)[C@H](N)CCNC(=O)c7cc(NC(=O)c8nc(NC(=O)c9nc(NC(=O)c%10nccn%10C)cn9C)cn8C)cn7C)cn6C)cn5C)cn4C)cn3C)c3ccccc3nc12. The maximum absolute atomic E-state index is 13.7. The molecule has 39 heteroatoms. The van der Waals surface area contributed by atoms with Gasteiger partial charge < -0.3 is 120 Å². The summed E-state index contributed by atoms with van der Waals surface area (Å²) in [5, 5.41) is 35.4. The van der Waals surface area contributed by atoms with Crippen molar-refractivity contribution in [2.24, 2.45) is 62.1 Å². The molecule has 1 atom stereocenters. The van der Waals surface area contributed by atoms with Crippen LogP contribution in [0.25, 0.3) is 21.8 Å². The van der Waals surface area contributed by atoms with E-state index in [2.05, 4.69) is 78.8 Å². The Balaban J connectivity index is 0.555. The fourth-order valence-corrected chi connectivity index (χ4v) is 12.3. The number of fused-ring (bicyclic) bond motifs is 2. The van der Waals surface area contributed by atoms with Crippen LogP contribution in [0.2, 0.25) is 0 Å². The summed E-state index contributed by atoms with van der Waals surface area (Å²) in [5.74, 6) is -5.44. The summed E-state index contributed by atoms with van der Waals surface area (Å²) in [4.78, 5) is 165. The zero-order valence-corrected chi connectivity index (χ0v) is 64.9. The Bertz CT molecular complexity index is 5510. The average Bonchev–Trinajstić information content (AvgIpc) is 1.65. The highest BCUT2D eigenvalue weighted by atomic mass is 16.5. The summed E-state index contributed by atoms with van der Waals surface area (Å²) >= 11 is 0. The van der Waals surface area contributed by atoms with E-state index in [1.54, 1.807) is 81.0 Å². The molecule has 0 unspecified atom stereocenters. The molecule has 39 nitrogen and oxygen atoms in total. The number of imidazole rings is 3. The summed E-state index contributed by atoms with van der Waals surface area (Å²) in [6.45, 7) is 3.22. The number of nitrogens with zero attached hydrogens (tertiary/aromatic N) is 13. The molecular weight excluding hydrogens is 1490 g/mol. The van der Waals surface area contributed by atoms with Crippen molar-refractivity contribution in [1.29, 1.82) is 0 Å². The van der Waals surface area contributed by atoms with Crippen molar-refractivity contribution in [3.63, 3.8) is 0 Å². The second-order valence-electron chi connectivity index (χ2n) is 27.2. The lowest BCUT2D eigenvalue weighted by Gasteiger charge is -2.16. The molecule has 0 fully saturated rings. The third kappa shape index (κ3) is 20.6. The Morgan fingerprint density at radius 2 is 0.878 bits per heavy atom. The number of hydrogen-bond donors (Lipinski definition) is 13. The van der Waals surface area contributed by atoms with Crippen molar-refractivity contribution in [3.05, 3.63) is 180 Å². The first kappa shape index (κ1) is 81.9.